The van der Waals surface area contributed by atoms with Crippen molar-refractivity contribution in [2.45, 2.75) is 5.16 Å². The topological polar surface area (TPSA) is 116 Å². The van der Waals surface area contributed by atoms with E-state index in [4.69, 9.17) is 11.6 Å². The number of halogens is 1. The summed E-state index contributed by atoms with van der Waals surface area (Å²) in [6, 6.07) is 19.6. The predicted octanol–water partition coefficient (Wildman–Crippen LogP) is 2.65. The smallest absolute Gasteiger partial charge is 0.266 e. The molecule has 0 aliphatic heterocycles. The Bertz CT molecular complexity index is 1450. The van der Waals surface area contributed by atoms with Gasteiger partial charge in [-0.15, -0.1) is 0 Å². The minimum Gasteiger partial charge on any atom is -0.545 e. The van der Waals surface area contributed by atoms with Crippen molar-refractivity contribution in [2.24, 2.45) is 5.10 Å². The van der Waals surface area contributed by atoms with Crippen LogP contribution in [0, 0.1) is 0 Å². The number of thioether (sulfide) groups is 1. The molecule has 0 fully saturated rings. The van der Waals surface area contributed by atoms with Crippen LogP contribution in [0.2, 0.25) is 5.02 Å². The number of aromatic carboxylic acids is 1. The van der Waals surface area contributed by atoms with E-state index in [1.165, 1.54) is 22.9 Å². The van der Waals surface area contributed by atoms with E-state index in [0.717, 1.165) is 11.8 Å². The molecular formula is C24H16ClN4O4S-. The van der Waals surface area contributed by atoms with Gasteiger partial charge >= 0.3 is 0 Å². The molecule has 4 aromatic rings. The van der Waals surface area contributed by atoms with Gasteiger partial charge in [0.25, 0.3) is 11.5 Å². The quantitative estimate of drug-likeness (QED) is 0.184. The summed E-state index contributed by atoms with van der Waals surface area (Å²) in [6.07, 6.45) is 1.39. The van der Waals surface area contributed by atoms with Crippen LogP contribution in [0.5, 0.6) is 0 Å². The second kappa shape index (κ2) is 10.3. The third kappa shape index (κ3) is 5.33. The normalized spacial score (nSPS) is 11.1. The molecule has 0 aliphatic rings. The Morgan fingerprint density at radius 3 is 2.47 bits per heavy atom. The maximum absolute atomic E-state index is 13.2. The molecule has 170 valence electrons. The molecule has 0 radical (unpaired) electrons. The van der Waals surface area contributed by atoms with E-state index in [-0.39, 0.29) is 16.9 Å². The van der Waals surface area contributed by atoms with Crippen LogP contribution in [0.25, 0.3) is 16.6 Å². The Balaban J connectivity index is 1.51. The van der Waals surface area contributed by atoms with E-state index in [0.29, 0.717) is 32.3 Å². The molecule has 34 heavy (non-hydrogen) atoms. The molecule has 0 saturated heterocycles. The molecule has 1 N–H and O–H groups in total. The Kier molecular flexibility index (Phi) is 7.05. The van der Waals surface area contributed by atoms with Crippen molar-refractivity contribution >= 4 is 52.4 Å². The number of hydrogen-bond acceptors (Lipinski definition) is 7. The lowest BCUT2D eigenvalue weighted by molar-refractivity contribution is -0.255. The molecule has 4 rings (SSSR count). The van der Waals surface area contributed by atoms with Gasteiger partial charge in [-0.1, -0.05) is 59.8 Å². The minimum absolute atomic E-state index is 0.0423. The Labute approximate surface area is 202 Å². The molecule has 0 unspecified atom stereocenters. The second-order valence-electron chi connectivity index (χ2n) is 7.02. The zero-order valence-electron chi connectivity index (χ0n) is 17.5. The van der Waals surface area contributed by atoms with Gasteiger partial charge in [0.15, 0.2) is 5.16 Å². The number of hydrazone groups is 1. The summed E-state index contributed by atoms with van der Waals surface area (Å²) in [7, 11) is 0. The fourth-order valence-electron chi connectivity index (χ4n) is 3.07. The molecule has 0 spiro atoms. The summed E-state index contributed by atoms with van der Waals surface area (Å²) in [6.45, 7) is 0. The van der Waals surface area contributed by atoms with Crippen molar-refractivity contribution in [3.8, 4) is 5.69 Å². The average Bonchev–Trinajstić information content (AvgIpc) is 2.84. The highest BCUT2D eigenvalue weighted by molar-refractivity contribution is 7.99. The molecule has 3 aromatic carbocycles. The number of nitrogens with one attached hydrogen (secondary N) is 1. The largest absolute Gasteiger partial charge is 0.545 e. The van der Waals surface area contributed by atoms with E-state index in [1.807, 2.05) is 0 Å². The van der Waals surface area contributed by atoms with E-state index >= 15 is 0 Å². The standard InChI is InChI=1S/C24H17ClN4O4S/c25-17-9-11-18(12-10-17)29-22(31)19-3-1-2-4-20(19)27-24(29)34-14-21(30)28-26-13-15-5-7-16(8-6-15)23(32)33/h1-13H,14H2,(H,28,30)(H,32,33)/p-1/b26-13-. The van der Waals surface area contributed by atoms with Gasteiger partial charge < -0.3 is 9.90 Å². The molecule has 8 nitrogen and oxygen atoms in total. The van der Waals surface area contributed by atoms with Crippen molar-refractivity contribution in [3.05, 3.63) is 99.3 Å². The summed E-state index contributed by atoms with van der Waals surface area (Å²) in [5, 5.41) is 16.0. The number of hydrogen-bond donors (Lipinski definition) is 1. The monoisotopic (exact) mass is 491 g/mol. The van der Waals surface area contributed by atoms with Crippen LogP contribution in [-0.4, -0.2) is 33.4 Å². The predicted molar refractivity (Wildman–Crippen MR) is 130 cm³/mol. The van der Waals surface area contributed by atoms with Gasteiger partial charge in [-0.2, -0.15) is 5.10 Å². The minimum atomic E-state index is -1.27. The first-order valence-electron chi connectivity index (χ1n) is 9.96. The number of fused-ring (bicyclic) bond motifs is 1. The summed E-state index contributed by atoms with van der Waals surface area (Å²) >= 11 is 7.08. The molecular weight excluding hydrogens is 476 g/mol. The number of amides is 1. The summed E-state index contributed by atoms with van der Waals surface area (Å²) in [5.74, 6) is -1.72. The highest BCUT2D eigenvalue weighted by Gasteiger charge is 2.14. The molecule has 1 amide bonds. The van der Waals surface area contributed by atoms with Crippen molar-refractivity contribution in [3.63, 3.8) is 0 Å². The first-order valence-corrected chi connectivity index (χ1v) is 11.3. The van der Waals surface area contributed by atoms with Gasteiger partial charge in [-0.25, -0.2) is 10.4 Å². The molecule has 0 bridgehead atoms. The van der Waals surface area contributed by atoms with E-state index < -0.39 is 11.9 Å². The van der Waals surface area contributed by atoms with Crippen LogP contribution >= 0.6 is 23.4 Å². The molecule has 0 saturated carbocycles. The lowest BCUT2D eigenvalue weighted by atomic mass is 10.1. The Morgan fingerprint density at radius 1 is 1.06 bits per heavy atom. The van der Waals surface area contributed by atoms with Gasteiger partial charge in [0.05, 0.1) is 34.5 Å². The molecule has 1 aromatic heterocycles. The van der Waals surface area contributed by atoms with Gasteiger partial charge in [0, 0.05) is 5.02 Å². The van der Waals surface area contributed by atoms with Crippen LogP contribution in [0.4, 0.5) is 0 Å². The third-order valence-corrected chi connectivity index (χ3v) is 5.90. The van der Waals surface area contributed by atoms with E-state index in [1.54, 1.807) is 60.7 Å². The molecule has 0 aliphatic carbocycles. The fraction of sp³-hybridized carbons (Fsp3) is 0.0417. The van der Waals surface area contributed by atoms with Crippen molar-refractivity contribution < 1.29 is 14.7 Å². The summed E-state index contributed by atoms with van der Waals surface area (Å²) in [4.78, 5) is 40.9. The zero-order chi connectivity index (χ0) is 24.1. The molecule has 1 heterocycles. The zero-order valence-corrected chi connectivity index (χ0v) is 19.0. The Hall–Kier alpha value is -3.95. The van der Waals surface area contributed by atoms with Crippen LogP contribution < -0.4 is 16.1 Å². The summed E-state index contributed by atoms with van der Waals surface area (Å²) < 4.78 is 1.44. The number of nitrogens with zero attached hydrogens (tertiary/aromatic N) is 3. The van der Waals surface area contributed by atoms with Gasteiger partial charge in [-0.3, -0.25) is 14.2 Å². The van der Waals surface area contributed by atoms with Crippen LogP contribution in [-0.2, 0) is 4.79 Å². The first kappa shape index (κ1) is 23.2. The number of rotatable bonds is 7. The second-order valence-corrected chi connectivity index (χ2v) is 8.40. The number of para-hydroxylation sites is 1. The average molecular weight is 492 g/mol. The van der Waals surface area contributed by atoms with Crippen LogP contribution in [0.1, 0.15) is 15.9 Å². The molecule has 0 atom stereocenters. The van der Waals surface area contributed by atoms with Crippen molar-refractivity contribution in [1.29, 1.82) is 0 Å². The van der Waals surface area contributed by atoms with Gasteiger partial charge in [0.2, 0.25) is 0 Å². The lowest BCUT2D eigenvalue weighted by Gasteiger charge is -2.13. The highest BCUT2D eigenvalue weighted by atomic mass is 35.5. The van der Waals surface area contributed by atoms with Crippen LogP contribution in [0.15, 0.2) is 87.8 Å². The van der Waals surface area contributed by atoms with Crippen molar-refractivity contribution in [1.82, 2.24) is 15.0 Å². The van der Waals surface area contributed by atoms with E-state index in [2.05, 4.69) is 15.5 Å². The number of carboxylic acid groups (broad SMARTS) is 1. The Morgan fingerprint density at radius 2 is 1.76 bits per heavy atom. The van der Waals surface area contributed by atoms with Gasteiger partial charge in [-0.05, 0) is 47.5 Å². The highest BCUT2D eigenvalue weighted by Crippen LogP contribution is 2.22. The summed E-state index contributed by atoms with van der Waals surface area (Å²) in [5.41, 5.74) is 3.90. The fourth-order valence-corrected chi connectivity index (χ4v) is 4.00. The van der Waals surface area contributed by atoms with E-state index in [9.17, 15) is 19.5 Å². The number of aromatic nitrogens is 2. The number of benzene rings is 3. The molecule has 10 heteroatoms. The van der Waals surface area contributed by atoms with Crippen molar-refractivity contribution in [2.75, 3.05) is 5.75 Å². The number of carbonyl (C=O) groups is 2. The lowest BCUT2D eigenvalue weighted by Crippen LogP contribution is -2.24. The maximum Gasteiger partial charge on any atom is 0.266 e. The van der Waals surface area contributed by atoms with Gasteiger partial charge in [0.1, 0.15) is 0 Å². The SMILES string of the molecule is O=C(CSc1nc2ccccc2c(=O)n1-c1ccc(Cl)cc1)N/N=C\c1ccc(C(=O)[O-])cc1. The number of carboxylic acids is 1. The number of carbonyl (C=O) groups excluding carboxylic acids is 2. The third-order valence-electron chi connectivity index (χ3n) is 4.71. The maximum atomic E-state index is 13.2. The first-order chi connectivity index (χ1) is 16.4. The van der Waals surface area contributed by atoms with Crippen LogP contribution in [0.3, 0.4) is 0 Å².